The fourth-order valence-electron chi connectivity index (χ4n) is 2.33. The van der Waals surface area contributed by atoms with Crippen LogP contribution in [0.5, 0.6) is 5.75 Å². The average Bonchev–Trinajstić information content (AvgIpc) is 2.94. The van der Waals surface area contributed by atoms with Crippen LogP contribution in [0.15, 0.2) is 24.3 Å². The number of nitrogens with one attached hydrogen (secondary N) is 1. The number of hydrogen-bond donors (Lipinski definition) is 1. The zero-order valence-electron chi connectivity index (χ0n) is 12.3. The van der Waals surface area contributed by atoms with Gasteiger partial charge in [-0.3, -0.25) is 9.59 Å². The number of carbonyl (C=O) groups is 2. The molecule has 5 nitrogen and oxygen atoms in total. The van der Waals surface area contributed by atoms with Crippen LogP contribution in [0.2, 0.25) is 0 Å². The molecule has 1 aromatic rings. The van der Waals surface area contributed by atoms with E-state index in [0.717, 1.165) is 30.6 Å². The lowest BCUT2D eigenvalue weighted by Gasteiger charge is -2.11. The molecule has 0 aromatic heterocycles. The molecule has 1 aliphatic heterocycles. The molecule has 0 radical (unpaired) electrons. The summed E-state index contributed by atoms with van der Waals surface area (Å²) < 4.78 is 10.2. The third-order valence-corrected chi connectivity index (χ3v) is 3.52. The normalized spacial score (nSPS) is 16.0. The quantitative estimate of drug-likeness (QED) is 0.615. The lowest BCUT2D eigenvalue weighted by Crippen LogP contribution is -2.37. The number of carbonyl (C=O) groups excluding carboxylic acids is 2. The lowest BCUT2D eigenvalue weighted by molar-refractivity contribution is -0.140. The number of amides is 1. The predicted octanol–water partition coefficient (Wildman–Crippen LogP) is 1.84. The average molecular weight is 291 g/mol. The maximum Gasteiger partial charge on any atom is 0.305 e. The molecule has 114 valence electrons. The van der Waals surface area contributed by atoms with Crippen molar-refractivity contribution in [1.82, 2.24) is 5.32 Å². The van der Waals surface area contributed by atoms with Gasteiger partial charge in [-0.1, -0.05) is 24.6 Å². The van der Waals surface area contributed by atoms with Gasteiger partial charge in [0, 0.05) is 19.4 Å². The minimum absolute atomic E-state index is 0.0702. The summed E-state index contributed by atoms with van der Waals surface area (Å²) in [5.74, 6) is 0.547. The van der Waals surface area contributed by atoms with E-state index in [1.807, 2.05) is 24.3 Å². The Morgan fingerprint density at radius 2 is 2.10 bits per heavy atom. The number of unbranched alkanes of at least 4 members (excludes halogenated alkanes) is 2. The first-order valence-electron chi connectivity index (χ1n) is 7.30. The zero-order chi connectivity index (χ0) is 15.1. The van der Waals surface area contributed by atoms with E-state index >= 15 is 0 Å². The topological polar surface area (TPSA) is 64.6 Å². The van der Waals surface area contributed by atoms with Gasteiger partial charge in [0.05, 0.1) is 7.11 Å². The van der Waals surface area contributed by atoms with Crippen LogP contribution in [0.3, 0.4) is 0 Å². The van der Waals surface area contributed by atoms with Gasteiger partial charge in [0.15, 0.2) is 6.10 Å². The number of hydrogen-bond acceptors (Lipinski definition) is 4. The number of rotatable bonds is 7. The highest BCUT2D eigenvalue weighted by Gasteiger charge is 2.28. The van der Waals surface area contributed by atoms with Gasteiger partial charge in [-0.2, -0.15) is 0 Å². The summed E-state index contributed by atoms with van der Waals surface area (Å²) in [6.07, 6.45) is 3.17. The van der Waals surface area contributed by atoms with Crippen LogP contribution in [-0.4, -0.2) is 31.6 Å². The molecule has 1 aromatic carbocycles. The third kappa shape index (κ3) is 4.48. The van der Waals surface area contributed by atoms with Crippen molar-refractivity contribution in [3.8, 4) is 5.75 Å². The van der Waals surface area contributed by atoms with Crippen molar-refractivity contribution in [1.29, 1.82) is 0 Å². The van der Waals surface area contributed by atoms with Crippen molar-refractivity contribution in [2.45, 2.75) is 38.2 Å². The van der Waals surface area contributed by atoms with E-state index in [0.29, 0.717) is 19.4 Å². The number of methoxy groups -OCH3 is 1. The van der Waals surface area contributed by atoms with Crippen LogP contribution in [0.25, 0.3) is 0 Å². The summed E-state index contributed by atoms with van der Waals surface area (Å²) in [4.78, 5) is 22.9. The van der Waals surface area contributed by atoms with E-state index in [1.165, 1.54) is 7.11 Å². The molecular formula is C16H21NO4. The molecule has 5 heteroatoms. The second-order valence-corrected chi connectivity index (χ2v) is 5.10. The summed E-state index contributed by atoms with van der Waals surface area (Å²) in [6.45, 7) is 0.607. The Labute approximate surface area is 124 Å². The number of fused-ring (bicyclic) bond motifs is 1. The highest BCUT2D eigenvalue weighted by molar-refractivity contribution is 5.82. The summed E-state index contributed by atoms with van der Waals surface area (Å²) in [6, 6.07) is 7.72. The molecule has 1 amide bonds. The van der Waals surface area contributed by atoms with Crippen molar-refractivity contribution >= 4 is 11.9 Å². The van der Waals surface area contributed by atoms with Crippen LogP contribution < -0.4 is 10.1 Å². The van der Waals surface area contributed by atoms with E-state index in [4.69, 9.17) is 4.74 Å². The Hall–Kier alpha value is -2.04. The van der Waals surface area contributed by atoms with E-state index in [-0.39, 0.29) is 11.9 Å². The largest absolute Gasteiger partial charge is 0.480 e. The molecule has 1 atom stereocenters. The lowest BCUT2D eigenvalue weighted by atomic mass is 10.1. The number of esters is 1. The molecule has 0 saturated heterocycles. The highest BCUT2D eigenvalue weighted by atomic mass is 16.5. The first-order chi connectivity index (χ1) is 10.2. The summed E-state index contributed by atoms with van der Waals surface area (Å²) in [5, 5.41) is 2.88. The standard InChI is InChI=1S/C16H21NO4/c1-20-15(18)9-3-2-6-10-17-16(19)14-11-12-7-4-5-8-13(12)21-14/h4-5,7-8,14H,2-3,6,9-11H2,1H3,(H,17,19). The fraction of sp³-hybridized carbons (Fsp3) is 0.500. The summed E-state index contributed by atoms with van der Waals surface area (Å²) in [5.41, 5.74) is 1.08. The van der Waals surface area contributed by atoms with Crippen molar-refractivity contribution in [2.75, 3.05) is 13.7 Å². The first kappa shape index (κ1) is 15.4. The van der Waals surface area contributed by atoms with Gasteiger partial charge < -0.3 is 14.8 Å². The fourth-order valence-corrected chi connectivity index (χ4v) is 2.33. The van der Waals surface area contributed by atoms with Gasteiger partial charge in [0.25, 0.3) is 5.91 Å². The molecule has 0 saturated carbocycles. The van der Waals surface area contributed by atoms with Crippen molar-refractivity contribution < 1.29 is 19.1 Å². The molecular weight excluding hydrogens is 270 g/mol. The maximum atomic E-state index is 12.0. The number of ether oxygens (including phenoxy) is 2. The molecule has 1 heterocycles. The maximum absolute atomic E-state index is 12.0. The summed E-state index contributed by atoms with van der Waals surface area (Å²) in [7, 11) is 1.39. The molecule has 1 aliphatic rings. The molecule has 2 rings (SSSR count). The molecule has 1 N–H and O–H groups in total. The zero-order valence-corrected chi connectivity index (χ0v) is 12.3. The van der Waals surface area contributed by atoms with E-state index in [2.05, 4.69) is 10.1 Å². The van der Waals surface area contributed by atoms with Gasteiger partial charge in [0.1, 0.15) is 5.75 Å². The minimum atomic E-state index is -0.419. The molecule has 0 bridgehead atoms. The minimum Gasteiger partial charge on any atom is -0.480 e. The van der Waals surface area contributed by atoms with Gasteiger partial charge in [-0.05, 0) is 24.5 Å². The van der Waals surface area contributed by atoms with Crippen LogP contribution >= 0.6 is 0 Å². The molecule has 0 spiro atoms. The van der Waals surface area contributed by atoms with Gasteiger partial charge in [-0.25, -0.2) is 0 Å². The Morgan fingerprint density at radius 3 is 2.86 bits per heavy atom. The van der Waals surface area contributed by atoms with Crippen LogP contribution in [0.4, 0.5) is 0 Å². The highest BCUT2D eigenvalue weighted by Crippen LogP contribution is 2.28. The van der Waals surface area contributed by atoms with Gasteiger partial charge in [0.2, 0.25) is 0 Å². The Morgan fingerprint density at radius 1 is 1.29 bits per heavy atom. The Kier molecular flexibility index (Phi) is 5.60. The Balaban J connectivity index is 1.60. The molecule has 0 fully saturated rings. The SMILES string of the molecule is COC(=O)CCCCCNC(=O)C1Cc2ccccc2O1. The second kappa shape index (κ2) is 7.67. The van der Waals surface area contributed by atoms with E-state index in [1.54, 1.807) is 0 Å². The molecule has 21 heavy (non-hydrogen) atoms. The van der Waals surface area contributed by atoms with Gasteiger partial charge >= 0.3 is 5.97 Å². The second-order valence-electron chi connectivity index (χ2n) is 5.10. The smallest absolute Gasteiger partial charge is 0.305 e. The van der Waals surface area contributed by atoms with E-state index < -0.39 is 6.10 Å². The van der Waals surface area contributed by atoms with Crippen LogP contribution in [0, 0.1) is 0 Å². The van der Waals surface area contributed by atoms with Crippen LogP contribution in [0.1, 0.15) is 31.2 Å². The number of para-hydroxylation sites is 1. The monoisotopic (exact) mass is 291 g/mol. The van der Waals surface area contributed by atoms with Gasteiger partial charge in [-0.15, -0.1) is 0 Å². The van der Waals surface area contributed by atoms with E-state index in [9.17, 15) is 9.59 Å². The van der Waals surface area contributed by atoms with Crippen LogP contribution in [-0.2, 0) is 20.7 Å². The molecule has 0 aliphatic carbocycles. The third-order valence-electron chi connectivity index (χ3n) is 3.52. The number of benzene rings is 1. The Bertz CT molecular complexity index is 476. The summed E-state index contributed by atoms with van der Waals surface area (Å²) >= 11 is 0. The van der Waals surface area contributed by atoms with Crippen molar-refractivity contribution in [3.05, 3.63) is 29.8 Å². The molecule has 1 unspecified atom stereocenters. The first-order valence-corrected chi connectivity index (χ1v) is 7.30. The van der Waals surface area contributed by atoms with Crippen molar-refractivity contribution in [2.24, 2.45) is 0 Å². The van der Waals surface area contributed by atoms with Crippen molar-refractivity contribution in [3.63, 3.8) is 0 Å². The predicted molar refractivity (Wildman–Crippen MR) is 78.1 cm³/mol.